The maximum atomic E-state index is 12.2. The first-order valence-corrected chi connectivity index (χ1v) is 7.86. The van der Waals surface area contributed by atoms with Crippen LogP contribution in [0, 0.1) is 5.92 Å². The molecule has 0 aromatic heterocycles. The molecule has 0 spiro atoms. The number of amides is 1. The van der Waals surface area contributed by atoms with E-state index in [2.05, 4.69) is 10.6 Å². The van der Waals surface area contributed by atoms with Crippen LogP contribution in [0.3, 0.4) is 0 Å². The Morgan fingerprint density at radius 3 is 3.05 bits per heavy atom. The summed E-state index contributed by atoms with van der Waals surface area (Å²) in [5.74, 6) is 2.49. The molecule has 1 unspecified atom stereocenters. The first-order valence-electron chi connectivity index (χ1n) is 7.86. The molecule has 2 heterocycles. The van der Waals surface area contributed by atoms with Crippen LogP contribution in [-0.4, -0.2) is 29.5 Å². The van der Waals surface area contributed by atoms with Crippen molar-refractivity contribution in [2.75, 3.05) is 13.3 Å². The minimum Gasteiger partial charge on any atom is -0.454 e. The lowest BCUT2D eigenvalue weighted by molar-refractivity contribution is -0.444. The van der Waals surface area contributed by atoms with Gasteiger partial charge in [-0.05, 0) is 30.5 Å². The van der Waals surface area contributed by atoms with Crippen LogP contribution in [0.2, 0.25) is 0 Å². The van der Waals surface area contributed by atoms with Gasteiger partial charge in [0, 0.05) is 12.8 Å². The van der Waals surface area contributed by atoms with Crippen LogP contribution in [-0.2, 0) is 11.2 Å². The second kappa shape index (κ2) is 5.17. The molecule has 1 amide bonds. The van der Waals surface area contributed by atoms with Gasteiger partial charge in [0.2, 0.25) is 6.79 Å². The largest absolute Gasteiger partial charge is 0.454 e. The van der Waals surface area contributed by atoms with Gasteiger partial charge in [0.05, 0.1) is 12.3 Å². The van der Waals surface area contributed by atoms with Gasteiger partial charge < -0.3 is 9.47 Å². The third kappa shape index (κ3) is 2.33. The van der Waals surface area contributed by atoms with Gasteiger partial charge in [-0.1, -0.05) is 12.5 Å². The van der Waals surface area contributed by atoms with E-state index in [0.29, 0.717) is 18.6 Å². The van der Waals surface area contributed by atoms with E-state index in [9.17, 15) is 4.79 Å². The number of hydrogen-bond acceptors (Lipinski definition) is 3. The average molecular weight is 286 g/mol. The number of nitrogens with zero attached hydrogens (tertiary/aromatic N) is 1. The summed E-state index contributed by atoms with van der Waals surface area (Å²) < 4.78 is 12.8. The lowest BCUT2D eigenvalue weighted by Gasteiger charge is -2.14. The molecule has 2 aliphatic heterocycles. The zero-order valence-corrected chi connectivity index (χ0v) is 12.1. The summed E-state index contributed by atoms with van der Waals surface area (Å²) in [7, 11) is 0. The predicted octanol–water partition coefficient (Wildman–Crippen LogP) is 2.53. The van der Waals surface area contributed by atoms with E-state index in [-0.39, 0.29) is 0 Å². The molecular weight excluding hydrogens is 266 g/mol. The molecule has 0 radical (unpaired) electrons. The van der Waals surface area contributed by atoms with Crippen LogP contribution >= 0.6 is 0 Å². The molecule has 1 fully saturated rings. The van der Waals surface area contributed by atoms with Crippen molar-refractivity contribution in [3.05, 3.63) is 23.8 Å². The highest BCUT2D eigenvalue weighted by atomic mass is 16.7. The highest BCUT2D eigenvalue weighted by molar-refractivity contribution is 5.94. The van der Waals surface area contributed by atoms with Crippen LogP contribution in [0.15, 0.2) is 18.2 Å². The predicted molar refractivity (Wildman–Crippen MR) is 78.0 cm³/mol. The highest BCUT2D eigenvalue weighted by Gasteiger charge is 2.40. The average Bonchev–Trinajstić information content (AvgIpc) is 3.08. The zero-order chi connectivity index (χ0) is 14.2. The molecule has 4 rings (SSSR count). The minimum absolute atomic E-state index is 0.309. The van der Waals surface area contributed by atoms with Gasteiger partial charge in [-0.25, -0.2) is 4.79 Å². The third-order valence-corrected chi connectivity index (χ3v) is 4.84. The zero-order valence-electron chi connectivity index (χ0n) is 12.1. The van der Waals surface area contributed by atoms with Gasteiger partial charge in [0.1, 0.15) is 0 Å². The third-order valence-electron chi connectivity index (χ3n) is 4.84. The molecule has 0 saturated heterocycles. The van der Waals surface area contributed by atoms with Crippen molar-refractivity contribution < 1.29 is 18.8 Å². The fraction of sp³-hybridized carbons (Fsp3) is 0.529. The van der Waals surface area contributed by atoms with Gasteiger partial charge in [0.15, 0.2) is 23.8 Å². The van der Waals surface area contributed by atoms with Crippen molar-refractivity contribution in [2.45, 2.75) is 38.5 Å². The SMILES string of the molecule is O=C1CC2CCCCC2=[N+]1CCc1ccc2c(c1)OCO2. The number of ether oxygens (including phenoxy) is 2. The van der Waals surface area contributed by atoms with Crippen molar-refractivity contribution in [1.29, 1.82) is 0 Å². The van der Waals surface area contributed by atoms with Gasteiger partial charge in [-0.2, -0.15) is 4.58 Å². The standard InChI is InChI=1S/C17H20NO3/c19-17-10-13-3-1-2-4-14(13)18(17)8-7-12-5-6-15-16(9-12)21-11-20-15/h5-6,9,13H,1-4,7-8,10-11H2/q+1. The van der Waals surface area contributed by atoms with Crippen molar-refractivity contribution in [1.82, 2.24) is 0 Å². The summed E-state index contributed by atoms with van der Waals surface area (Å²) in [4.78, 5) is 12.2. The summed E-state index contributed by atoms with van der Waals surface area (Å²) in [5.41, 5.74) is 2.60. The topological polar surface area (TPSA) is 38.5 Å². The number of rotatable bonds is 3. The van der Waals surface area contributed by atoms with E-state index in [4.69, 9.17) is 9.47 Å². The maximum Gasteiger partial charge on any atom is 0.387 e. The monoisotopic (exact) mass is 286 g/mol. The molecule has 110 valence electrons. The van der Waals surface area contributed by atoms with E-state index < -0.39 is 0 Å². The molecular formula is C17H20NO3+. The molecule has 4 nitrogen and oxygen atoms in total. The Morgan fingerprint density at radius 1 is 1.19 bits per heavy atom. The Hall–Kier alpha value is -1.84. The van der Waals surface area contributed by atoms with E-state index in [1.807, 2.05) is 12.1 Å². The maximum absolute atomic E-state index is 12.2. The highest BCUT2D eigenvalue weighted by Crippen LogP contribution is 2.33. The lowest BCUT2D eigenvalue weighted by Crippen LogP contribution is -2.25. The van der Waals surface area contributed by atoms with Gasteiger partial charge >= 0.3 is 5.91 Å². The van der Waals surface area contributed by atoms with Crippen LogP contribution in [0.4, 0.5) is 0 Å². The van der Waals surface area contributed by atoms with E-state index in [1.54, 1.807) is 0 Å². The van der Waals surface area contributed by atoms with Crippen LogP contribution in [0.5, 0.6) is 11.5 Å². The molecule has 1 aliphatic carbocycles. The van der Waals surface area contributed by atoms with Crippen molar-refractivity contribution in [3.63, 3.8) is 0 Å². The molecule has 21 heavy (non-hydrogen) atoms. The Balaban J connectivity index is 1.50. The molecule has 1 atom stereocenters. The van der Waals surface area contributed by atoms with Crippen molar-refractivity contribution in [2.24, 2.45) is 5.92 Å². The summed E-state index contributed by atoms with van der Waals surface area (Å²) in [6.45, 7) is 1.10. The second-order valence-electron chi connectivity index (χ2n) is 6.12. The molecule has 1 saturated carbocycles. The van der Waals surface area contributed by atoms with Gasteiger partial charge in [-0.15, -0.1) is 0 Å². The fourth-order valence-corrected chi connectivity index (χ4v) is 3.73. The lowest BCUT2D eigenvalue weighted by atomic mass is 9.87. The first kappa shape index (κ1) is 12.9. The second-order valence-corrected chi connectivity index (χ2v) is 6.12. The Labute approximate surface area is 124 Å². The first-order chi connectivity index (χ1) is 10.3. The Kier molecular flexibility index (Phi) is 3.17. The van der Waals surface area contributed by atoms with Crippen molar-refractivity contribution >= 4 is 11.6 Å². The Bertz CT molecular complexity index is 620. The fourth-order valence-electron chi connectivity index (χ4n) is 3.73. The van der Waals surface area contributed by atoms with E-state index >= 15 is 0 Å². The number of carbonyl (C=O) groups excluding carboxylic acids is 1. The van der Waals surface area contributed by atoms with Crippen LogP contribution in [0.25, 0.3) is 0 Å². The van der Waals surface area contributed by atoms with Crippen LogP contribution < -0.4 is 9.47 Å². The molecule has 3 aliphatic rings. The molecule has 4 heteroatoms. The normalized spacial score (nSPS) is 23.6. The van der Waals surface area contributed by atoms with Gasteiger partial charge in [-0.3, -0.25) is 0 Å². The number of carbonyl (C=O) groups is 1. The minimum atomic E-state index is 0.309. The molecule has 0 bridgehead atoms. The number of benzene rings is 1. The quantitative estimate of drug-likeness (QED) is 0.801. The number of fused-ring (bicyclic) bond motifs is 2. The summed E-state index contributed by atoms with van der Waals surface area (Å²) >= 11 is 0. The number of hydrogen-bond donors (Lipinski definition) is 0. The Morgan fingerprint density at radius 2 is 2.10 bits per heavy atom. The summed E-state index contributed by atoms with van der Waals surface area (Å²) in [5, 5.41) is 0. The molecule has 0 N–H and O–H groups in total. The van der Waals surface area contributed by atoms with E-state index in [1.165, 1.54) is 30.5 Å². The smallest absolute Gasteiger partial charge is 0.387 e. The van der Waals surface area contributed by atoms with Crippen LogP contribution in [0.1, 0.15) is 37.7 Å². The summed E-state index contributed by atoms with van der Waals surface area (Å²) in [6, 6.07) is 6.06. The van der Waals surface area contributed by atoms with E-state index in [0.717, 1.165) is 37.3 Å². The summed E-state index contributed by atoms with van der Waals surface area (Å²) in [6.07, 6.45) is 6.42. The molecule has 1 aromatic rings. The van der Waals surface area contributed by atoms with Crippen molar-refractivity contribution in [3.8, 4) is 11.5 Å². The molecule has 1 aromatic carbocycles. The van der Waals surface area contributed by atoms with Gasteiger partial charge in [0.25, 0.3) is 0 Å².